The number of thiocarbonyl (C=S) groups is 1. The molecule has 2 aromatic carbocycles. The molecular weight excluding hydrogens is 439 g/mol. The van der Waals surface area contributed by atoms with Crippen LogP contribution < -0.4 is 15.0 Å². The zero-order valence-corrected chi connectivity index (χ0v) is 18.4. The van der Waals surface area contributed by atoms with Gasteiger partial charge in [0.1, 0.15) is 4.32 Å². The van der Waals surface area contributed by atoms with Crippen LogP contribution in [0.15, 0.2) is 41.3 Å². The highest BCUT2D eigenvalue weighted by Crippen LogP contribution is 2.38. The van der Waals surface area contributed by atoms with Crippen LogP contribution in [0.1, 0.15) is 30.5 Å². The van der Waals surface area contributed by atoms with E-state index in [0.717, 1.165) is 22.9 Å². The molecule has 2 heterocycles. The number of rotatable bonds is 4. The number of hydrogen-bond acceptors (Lipinski definition) is 6. The monoisotopic (exact) mass is 458 g/mol. The number of nitrogens with one attached hydrogen (secondary N) is 1. The third-order valence-electron chi connectivity index (χ3n) is 4.92. The Morgan fingerprint density at radius 3 is 2.61 bits per heavy atom. The van der Waals surface area contributed by atoms with Crippen LogP contribution in [0.25, 0.3) is 6.08 Å². The van der Waals surface area contributed by atoms with Crippen molar-refractivity contribution in [3.63, 3.8) is 0 Å². The van der Waals surface area contributed by atoms with Crippen molar-refractivity contribution in [2.24, 2.45) is 0 Å². The quantitative estimate of drug-likeness (QED) is 0.540. The molecule has 0 bridgehead atoms. The van der Waals surface area contributed by atoms with Gasteiger partial charge in [0.05, 0.1) is 22.7 Å². The number of anilines is 1. The number of fused-ring (bicyclic) bond motifs is 1. The highest BCUT2D eigenvalue weighted by Gasteiger charge is 2.29. The van der Waals surface area contributed by atoms with E-state index in [1.54, 1.807) is 32.0 Å². The van der Waals surface area contributed by atoms with Crippen molar-refractivity contribution in [1.82, 2.24) is 5.32 Å². The van der Waals surface area contributed by atoms with Crippen LogP contribution >= 0.6 is 24.0 Å². The summed E-state index contributed by atoms with van der Waals surface area (Å²) in [6.45, 7) is 3.33. The summed E-state index contributed by atoms with van der Waals surface area (Å²) in [6.07, 6.45) is 1.53. The van der Waals surface area contributed by atoms with Gasteiger partial charge in [-0.2, -0.15) is 0 Å². The zero-order valence-electron chi connectivity index (χ0n) is 16.8. The number of hydrogen-bond donors (Lipinski definition) is 2. The summed E-state index contributed by atoms with van der Waals surface area (Å²) in [6, 6.07) is 10.1. The second-order valence-electron chi connectivity index (χ2n) is 7.73. The molecule has 0 radical (unpaired) electrons. The third kappa shape index (κ3) is 4.48. The molecule has 0 saturated carbocycles. The molecule has 31 heavy (non-hydrogen) atoms. The van der Waals surface area contributed by atoms with Gasteiger partial charge in [-0.1, -0.05) is 48.2 Å². The molecule has 1 saturated heterocycles. The molecule has 6 nitrogen and oxygen atoms in total. The molecular formula is C22H19FN2O4S2. The minimum atomic E-state index is -0.974. The van der Waals surface area contributed by atoms with Gasteiger partial charge in [-0.05, 0) is 48.7 Å². The summed E-state index contributed by atoms with van der Waals surface area (Å²) in [5.41, 5.74) is 1.29. The van der Waals surface area contributed by atoms with Crippen molar-refractivity contribution in [2.45, 2.75) is 26.0 Å². The Balaban J connectivity index is 1.68. The molecule has 0 unspecified atom stereocenters. The van der Waals surface area contributed by atoms with Crippen LogP contribution in [0.3, 0.4) is 0 Å². The maximum absolute atomic E-state index is 14.7. The molecule has 0 atom stereocenters. The second kappa shape index (κ2) is 8.07. The second-order valence-corrected chi connectivity index (χ2v) is 9.45. The van der Waals surface area contributed by atoms with E-state index in [1.165, 1.54) is 17.0 Å². The van der Waals surface area contributed by atoms with Gasteiger partial charge in [-0.3, -0.25) is 9.59 Å². The molecule has 4 rings (SSSR count). The predicted molar refractivity (Wildman–Crippen MR) is 121 cm³/mol. The molecule has 0 aromatic heterocycles. The molecule has 0 aliphatic carbocycles. The Morgan fingerprint density at radius 2 is 2.00 bits per heavy atom. The maximum Gasteiger partial charge on any atom is 0.265 e. The summed E-state index contributed by atoms with van der Waals surface area (Å²) < 4.78 is 20.4. The standard InChI is InChI=1S/C22H19FN2O4S2/c1-22(2,28)14-5-3-12(4-6-14)10-25-16-8-13(9-17-20(27)24-21(30)31-17)7-15(23)19(16)29-11-18(25)26/h3-9,28H,10-11H2,1-2H3,(H,24,27,30)/b17-9-. The number of thioether (sulfide) groups is 1. The number of benzene rings is 2. The topological polar surface area (TPSA) is 78.9 Å². The molecule has 2 amide bonds. The average Bonchev–Trinajstić information content (AvgIpc) is 3.00. The van der Waals surface area contributed by atoms with Crippen molar-refractivity contribution < 1.29 is 23.8 Å². The Kier molecular flexibility index (Phi) is 5.59. The molecule has 2 aliphatic rings. The number of carbonyl (C=O) groups excluding carboxylic acids is 2. The summed E-state index contributed by atoms with van der Waals surface area (Å²) >= 11 is 6.08. The van der Waals surface area contributed by atoms with Crippen LogP contribution in [0.2, 0.25) is 0 Å². The minimum absolute atomic E-state index is 0.00564. The van der Waals surface area contributed by atoms with Crippen LogP contribution in [0, 0.1) is 5.82 Å². The number of halogens is 1. The summed E-state index contributed by atoms with van der Waals surface area (Å²) in [5.74, 6) is -1.28. The molecule has 0 spiro atoms. The fourth-order valence-corrected chi connectivity index (χ4v) is 4.36. The largest absolute Gasteiger partial charge is 0.478 e. The van der Waals surface area contributed by atoms with Gasteiger partial charge in [0.25, 0.3) is 11.8 Å². The van der Waals surface area contributed by atoms with E-state index in [1.807, 2.05) is 12.1 Å². The van der Waals surface area contributed by atoms with Gasteiger partial charge in [0, 0.05) is 0 Å². The van der Waals surface area contributed by atoms with Gasteiger partial charge in [-0.15, -0.1) is 0 Å². The predicted octanol–water partition coefficient (Wildman–Crippen LogP) is 3.47. The van der Waals surface area contributed by atoms with Crippen LogP contribution in [0.5, 0.6) is 5.75 Å². The van der Waals surface area contributed by atoms with E-state index < -0.39 is 11.4 Å². The van der Waals surface area contributed by atoms with E-state index in [-0.39, 0.29) is 30.7 Å². The normalized spacial score (nSPS) is 17.6. The summed E-state index contributed by atoms with van der Waals surface area (Å²) in [4.78, 5) is 26.3. The smallest absolute Gasteiger partial charge is 0.265 e. The number of ether oxygens (including phenoxy) is 1. The Labute approximate surface area is 188 Å². The number of aliphatic hydroxyl groups is 1. The van der Waals surface area contributed by atoms with E-state index in [9.17, 15) is 19.1 Å². The lowest BCUT2D eigenvalue weighted by atomic mass is 9.97. The molecule has 2 aromatic rings. The van der Waals surface area contributed by atoms with E-state index >= 15 is 0 Å². The maximum atomic E-state index is 14.7. The van der Waals surface area contributed by atoms with Crippen LogP contribution in [-0.4, -0.2) is 27.8 Å². The zero-order chi connectivity index (χ0) is 22.3. The molecule has 2 N–H and O–H groups in total. The Hall–Kier alpha value is -2.75. The van der Waals surface area contributed by atoms with E-state index in [4.69, 9.17) is 17.0 Å². The van der Waals surface area contributed by atoms with Crippen molar-refractivity contribution in [3.8, 4) is 5.75 Å². The molecule has 1 fully saturated rings. The molecule has 2 aliphatic heterocycles. The van der Waals surface area contributed by atoms with Gasteiger partial charge in [0.15, 0.2) is 18.2 Å². The molecule has 9 heteroatoms. The van der Waals surface area contributed by atoms with Crippen LogP contribution in [-0.2, 0) is 21.7 Å². The fraction of sp³-hybridized carbons (Fsp3) is 0.227. The van der Waals surface area contributed by atoms with Gasteiger partial charge in [0.2, 0.25) is 0 Å². The third-order valence-corrected chi connectivity index (χ3v) is 6.08. The SMILES string of the molecule is CC(C)(O)c1ccc(CN2C(=O)COc3c(F)cc(/C=C4\SC(=S)NC4=O)cc32)cc1. The summed E-state index contributed by atoms with van der Waals surface area (Å²) in [5, 5.41) is 12.6. The van der Waals surface area contributed by atoms with Gasteiger partial charge in [-0.25, -0.2) is 4.39 Å². The fourth-order valence-electron chi connectivity index (χ4n) is 3.32. The van der Waals surface area contributed by atoms with Crippen molar-refractivity contribution >= 4 is 51.9 Å². The Morgan fingerprint density at radius 1 is 1.29 bits per heavy atom. The first-order valence-electron chi connectivity index (χ1n) is 9.45. The van der Waals surface area contributed by atoms with Gasteiger partial charge < -0.3 is 20.1 Å². The number of amides is 2. The highest BCUT2D eigenvalue weighted by molar-refractivity contribution is 8.26. The van der Waals surface area contributed by atoms with Crippen molar-refractivity contribution in [1.29, 1.82) is 0 Å². The summed E-state index contributed by atoms with van der Waals surface area (Å²) in [7, 11) is 0. The van der Waals surface area contributed by atoms with Gasteiger partial charge >= 0.3 is 0 Å². The van der Waals surface area contributed by atoms with Crippen LogP contribution in [0.4, 0.5) is 10.1 Å². The lowest BCUT2D eigenvalue weighted by Gasteiger charge is -2.30. The van der Waals surface area contributed by atoms with Crippen molar-refractivity contribution in [2.75, 3.05) is 11.5 Å². The average molecular weight is 459 g/mol. The number of nitrogens with zero attached hydrogens (tertiary/aromatic N) is 1. The van der Waals surface area contributed by atoms with E-state index in [2.05, 4.69) is 5.32 Å². The Bertz CT molecular complexity index is 1120. The first kappa shape index (κ1) is 21.5. The first-order valence-corrected chi connectivity index (χ1v) is 10.7. The molecule has 160 valence electrons. The van der Waals surface area contributed by atoms with E-state index in [0.29, 0.717) is 20.5 Å². The van der Waals surface area contributed by atoms with Crippen molar-refractivity contribution in [3.05, 3.63) is 63.8 Å². The minimum Gasteiger partial charge on any atom is -0.478 e. The lowest BCUT2D eigenvalue weighted by molar-refractivity contribution is -0.121. The number of carbonyl (C=O) groups is 2. The lowest BCUT2D eigenvalue weighted by Crippen LogP contribution is -2.38. The first-order chi connectivity index (χ1) is 14.6. The highest BCUT2D eigenvalue weighted by atomic mass is 32.2.